The fourth-order valence-electron chi connectivity index (χ4n) is 4.72. The molecule has 1 unspecified atom stereocenters. The van der Waals surface area contributed by atoms with Crippen molar-refractivity contribution in [3.63, 3.8) is 0 Å². The molecule has 13 heteroatoms. The molecule has 2 aliphatic rings. The van der Waals surface area contributed by atoms with E-state index in [1.54, 1.807) is 20.8 Å². The zero-order valence-corrected chi connectivity index (χ0v) is 22.9. The molecule has 4 rings (SSSR count). The predicted molar refractivity (Wildman–Crippen MR) is 137 cm³/mol. The van der Waals surface area contributed by atoms with Gasteiger partial charge in [-0.05, 0) is 70.3 Å². The quantitative estimate of drug-likeness (QED) is 0.428. The Morgan fingerprint density at radius 3 is 2.39 bits per heavy atom. The first-order valence-electron chi connectivity index (χ1n) is 12.6. The molecule has 2 saturated carbocycles. The molecule has 0 bridgehead atoms. The third-order valence-electron chi connectivity index (χ3n) is 6.57. The van der Waals surface area contributed by atoms with Crippen LogP contribution in [0.5, 0.6) is 5.88 Å². The zero-order valence-electron chi connectivity index (χ0n) is 22.2. The van der Waals surface area contributed by atoms with Crippen LogP contribution in [0.1, 0.15) is 58.1 Å². The van der Waals surface area contributed by atoms with E-state index in [1.807, 2.05) is 0 Å². The van der Waals surface area contributed by atoms with E-state index < -0.39 is 35.6 Å². The van der Waals surface area contributed by atoms with Gasteiger partial charge in [0.1, 0.15) is 23.4 Å². The monoisotopic (exact) mass is 552 g/mol. The lowest BCUT2D eigenvalue weighted by Gasteiger charge is -2.28. The maximum absolute atomic E-state index is 15.1. The Morgan fingerprint density at radius 1 is 1.18 bits per heavy atom. The molecule has 0 spiro atoms. The lowest BCUT2D eigenvalue weighted by molar-refractivity contribution is -0.120. The lowest BCUT2D eigenvalue weighted by Crippen LogP contribution is -2.51. The maximum Gasteiger partial charge on any atom is 0.408 e. The summed E-state index contributed by atoms with van der Waals surface area (Å²) in [5.74, 6) is -0.608. The van der Waals surface area contributed by atoms with Gasteiger partial charge in [0.05, 0.1) is 19.9 Å². The molecule has 0 saturated heterocycles. The number of carbonyl (C=O) groups excluding carboxylic acids is 2. The number of halogens is 2. The number of hydrogen-bond donors (Lipinski definition) is 2. The number of nitrogens with zero attached hydrogens (tertiary/aromatic N) is 4. The molecule has 2 N–H and O–H groups in total. The normalized spacial score (nSPS) is 17.2. The van der Waals surface area contributed by atoms with E-state index in [0.717, 1.165) is 25.7 Å². The molecule has 2 heterocycles. The molecule has 208 valence electrons. The van der Waals surface area contributed by atoms with Crippen LogP contribution in [0.3, 0.4) is 0 Å². The second-order valence-corrected chi connectivity index (χ2v) is 11.2. The van der Waals surface area contributed by atoms with Crippen molar-refractivity contribution >= 4 is 29.3 Å². The standard InChI is InChI=1S/C25H34ClFN6O5/c1-25(2,3)38-24(35)29-20(19(13-6-7-13)14-8-9-14)22(34)28-16-11-33(32-21(16)27)17(12-36-4)15-10-18(26)30-31-23(15)37-5/h10-11,13-14,17,19-20H,6-9,12H2,1-5H3,(H,28,34)(H,29,35)/t17?,20-/m0/s1. The highest BCUT2D eigenvalue weighted by Gasteiger charge is 2.48. The molecule has 11 nitrogen and oxygen atoms in total. The summed E-state index contributed by atoms with van der Waals surface area (Å²) in [5.41, 5.74) is -0.388. The molecular weight excluding hydrogens is 519 g/mol. The molecule has 2 aromatic rings. The van der Waals surface area contributed by atoms with Gasteiger partial charge >= 0.3 is 6.09 Å². The SMILES string of the molecule is COCC(c1cc(Cl)nnc1OC)n1cc(NC(=O)[C@@H](NC(=O)OC(C)(C)C)C(C2CC2)C2CC2)c(F)n1. The number of aromatic nitrogens is 4. The van der Waals surface area contributed by atoms with Crippen molar-refractivity contribution in [2.45, 2.75) is 64.1 Å². The average molecular weight is 553 g/mol. The first-order valence-corrected chi connectivity index (χ1v) is 13.0. The van der Waals surface area contributed by atoms with Gasteiger partial charge in [0.2, 0.25) is 11.8 Å². The van der Waals surface area contributed by atoms with Gasteiger partial charge in [-0.3, -0.25) is 9.48 Å². The van der Waals surface area contributed by atoms with Crippen molar-refractivity contribution in [3.8, 4) is 5.88 Å². The number of alkyl carbamates (subject to hydrolysis) is 1. The molecule has 2 amide bonds. The fraction of sp³-hybridized carbons (Fsp3) is 0.640. The number of rotatable bonds is 11. The minimum absolute atomic E-state index is 0.0452. The van der Waals surface area contributed by atoms with E-state index in [9.17, 15) is 9.59 Å². The molecule has 0 aromatic carbocycles. The molecule has 2 aliphatic carbocycles. The van der Waals surface area contributed by atoms with Crippen molar-refractivity contribution in [3.05, 3.63) is 28.9 Å². The molecule has 38 heavy (non-hydrogen) atoms. The Hall–Kier alpha value is -2.99. The van der Waals surface area contributed by atoms with Crippen LogP contribution in [0.15, 0.2) is 12.3 Å². The third-order valence-corrected chi connectivity index (χ3v) is 6.76. The van der Waals surface area contributed by atoms with Crippen LogP contribution < -0.4 is 15.4 Å². The highest BCUT2D eigenvalue weighted by Crippen LogP contribution is 2.51. The second kappa shape index (κ2) is 11.4. The van der Waals surface area contributed by atoms with Gasteiger partial charge in [0.15, 0.2) is 5.15 Å². The largest absolute Gasteiger partial charge is 0.480 e. The molecule has 0 radical (unpaired) electrons. The zero-order chi connectivity index (χ0) is 27.6. The number of nitrogens with one attached hydrogen (secondary N) is 2. The highest BCUT2D eigenvalue weighted by atomic mass is 35.5. The van der Waals surface area contributed by atoms with Gasteiger partial charge in [0.25, 0.3) is 5.95 Å². The fourth-order valence-corrected chi connectivity index (χ4v) is 4.88. The third kappa shape index (κ3) is 6.90. The van der Waals surface area contributed by atoms with E-state index in [1.165, 1.54) is 31.2 Å². The van der Waals surface area contributed by atoms with Gasteiger partial charge in [-0.2, -0.15) is 4.39 Å². The van der Waals surface area contributed by atoms with Crippen LogP contribution in [0, 0.1) is 23.7 Å². The molecule has 2 aromatic heterocycles. The topological polar surface area (TPSA) is 129 Å². The van der Waals surface area contributed by atoms with Crippen molar-refractivity contribution in [1.29, 1.82) is 0 Å². The Balaban J connectivity index is 1.59. The van der Waals surface area contributed by atoms with E-state index in [2.05, 4.69) is 25.9 Å². The van der Waals surface area contributed by atoms with Gasteiger partial charge in [-0.1, -0.05) is 11.6 Å². The van der Waals surface area contributed by atoms with Crippen LogP contribution in [0.4, 0.5) is 14.9 Å². The molecule has 2 fully saturated rings. The number of anilines is 1. The predicted octanol–water partition coefficient (Wildman–Crippen LogP) is 3.98. The first-order chi connectivity index (χ1) is 18.0. The van der Waals surface area contributed by atoms with Crippen LogP contribution in [-0.2, 0) is 14.3 Å². The number of amides is 2. The summed E-state index contributed by atoms with van der Waals surface area (Å²) in [4.78, 5) is 26.2. The number of carbonyl (C=O) groups is 2. The van der Waals surface area contributed by atoms with E-state index in [4.69, 9.17) is 25.8 Å². The van der Waals surface area contributed by atoms with Crippen molar-refractivity contribution in [2.24, 2.45) is 17.8 Å². The van der Waals surface area contributed by atoms with E-state index in [-0.39, 0.29) is 29.2 Å². The summed E-state index contributed by atoms with van der Waals surface area (Å²) in [6.07, 6.45) is 4.66. The summed E-state index contributed by atoms with van der Waals surface area (Å²) in [6.45, 7) is 5.34. The smallest absolute Gasteiger partial charge is 0.408 e. The number of hydrogen-bond acceptors (Lipinski definition) is 8. The Morgan fingerprint density at radius 2 is 1.84 bits per heavy atom. The van der Waals surface area contributed by atoms with Gasteiger partial charge in [0, 0.05) is 12.7 Å². The van der Waals surface area contributed by atoms with Crippen molar-refractivity contribution in [1.82, 2.24) is 25.3 Å². The number of methoxy groups -OCH3 is 2. The van der Waals surface area contributed by atoms with Gasteiger partial charge in [-0.25, -0.2) is 4.79 Å². The summed E-state index contributed by atoms with van der Waals surface area (Å²) in [7, 11) is 2.91. The average Bonchev–Trinajstić information content (AvgIpc) is 3.76. The molecule has 0 aliphatic heterocycles. The molecular formula is C25H34ClFN6O5. The Labute approximate surface area is 225 Å². The van der Waals surface area contributed by atoms with Crippen LogP contribution in [-0.4, -0.2) is 64.4 Å². The van der Waals surface area contributed by atoms with Crippen LogP contribution in [0.25, 0.3) is 0 Å². The van der Waals surface area contributed by atoms with E-state index >= 15 is 4.39 Å². The van der Waals surface area contributed by atoms with Crippen LogP contribution in [0.2, 0.25) is 5.15 Å². The number of ether oxygens (including phenoxy) is 3. The molecule has 2 atom stereocenters. The first kappa shape index (κ1) is 28.0. The lowest BCUT2D eigenvalue weighted by atomic mass is 9.88. The van der Waals surface area contributed by atoms with Crippen molar-refractivity contribution in [2.75, 3.05) is 26.1 Å². The minimum atomic E-state index is -0.892. The maximum atomic E-state index is 15.1. The van der Waals surface area contributed by atoms with E-state index in [0.29, 0.717) is 17.4 Å². The van der Waals surface area contributed by atoms with Gasteiger partial charge < -0.3 is 24.8 Å². The summed E-state index contributed by atoms with van der Waals surface area (Å²) in [5, 5.41) is 17.2. The second-order valence-electron chi connectivity index (χ2n) is 10.8. The van der Waals surface area contributed by atoms with Crippen molar-refractivity contribution < 1.29 is 28.2 Å². The Bertz CT molecular complexity index is 1150. The summed E-state index contributed by atoms with van der Waals surface area (Å²) < 4.78 is 32.4. The summed E-state index contributed by atoms with van der Waals surface area (Å²) >= 11 is 6.04. The van der Waals surface area contributed by atoms with Crippen LogP contribution >= 0.6 is 11.6 Å². The Kier molecular flexibility index (Phi) is 8.41. The highest BCUT2D eigenvalue weighted by molar-refractivity contribution is 6.29. The summed E-state index contributed by atoms with van der Waals surface area (Å²) in [6, 6.07) is -0.0129. The minimum Gasteiger partial charge on any atom is -0.480 e. The van der Waals surface area contributed by atoms with Gasteiger partial charge in [-0.15, -0.1) is 15.3 Å².